The molecule has 0 amide bonds. The van der Waals surface area contributed by atoms with Gasteiger partial charge in [0, 0.05) is 6.04 Å². The average molecular weight is 197 g/mol. The van der Waals surface area contributed by atoms with Crippen molar-refractivity contribution in [2.45, 2.75) is 71.8 Å². The van der Waals surface area contributed by atoms with Crippen LogP contribution in [0.5, 0.6) is 0 Å². The van der Waals surface area contributed by atoms with Gasteiger partial charge in [0.05, 0.1) is 0 Å². The molecule has 0 aliphatic carbocycles. The molecule has 0 fully saturated rings. The van der Waals surface area contributed by atoms with Crippen molar-refractivity contribution in [2.24, 2.45) is 0 Å². The standard InChI is InChI=1S/C13H27N/c1-4-7-9-11-13(10-8-5-2)14-12-6-3/h6,12-14H,4-5,7-11H2,1-3H3. The van der Waals surface area contributed by atoms with E-state index in [-0.39, 0.29) is 0 Å². The smallest absolute Gasteiger partial charge is 0.0255 e. The molecule has 84 valence electrons. The summed E-state index contributed by atoms with van der Waals surface area (Å²) in [6.07, 6.45) is 13.6. The van der Waals surface area contributed by atoms with Crippen LogP contribution in [0.1, 0.15) is 65.7 Å². The summed E-state index contributed by atoms with van der Waals surface area (Å²) < 4.78 is 0. The van der Waals surface area contributed by atoms with Crippen LogP contribution in [-0.4, -0.2) is 6.04 Å². The number of hydrogen-bond donors (Lipinski definition) is 1. The Balaban J connectivity index is 3.60. The van der Waals surface area contributed by atoms with E-state index in [0.29, 0.717) is 6.04 Å². The number of allylic oxidation sites excluding steroid dienone is 1. The normalized spacial score (nSPS) is 13.4. The summed E-state index contributed by atoms with van der Waals surface area (Å²) in [5.74, 6) is 0. The Morgan fingerprint density at radius 1 is 1.00 bits per heavy atom. The molecule has 0 saturated heterocycles. The lowest BCUT2D eigenvalue weighted by molar-refractivity contribution is 0.464. The topological polar surface area (TPSA) is 12.0 Å². The van der Waals surface area contributed by atoms with Crippen LogP contribution in [0.25, 0.3) is 0 Å². The monoisotopic (exact) mass is 197 g/mol. The predicted octanol–water partition coefficient (Wildman–Crippen LogP) is 4.25. The lowest BCUT2D eigenvalue weighted by Gasteiger charge is -2.16. The molecule has 0 aliphatic rings. The molecule has 0 spiro atoms. The van der Waals surface area contributed by atoms with Gasteiger partial charge < -0.3 is 5.32 Å². The fourth-order valence-corrected chi connectivity index (χ4v) is 1.63. The van der Waals surface area contributed by atoms with Gasteiger partial charge in [0.1, 0.15) is 0 Å². The molecule has 0 saturated carbocycles. The van der Waals surface area contributed by atoms with E-state index in [9.17, 15) is 0 Å². The van der Waals surface area contributed by atoms with Crippen molar-refractivity contribution in [1.29, 1.82) is 0 Å². The highest BCUT2D eigenvalue weighted by molar-refractivity contribution is 4.79. The molecule has 0 aromatic heterocycles. The molecule has 1 unspecified atom stereocenters. The van der Waals surface area contributed by atoms with E-state index < -0.39 is 0 Å². The van der Waals surface area contributed by atoms with Crippen LogP contribution in [-0.2, 0) is 0 Å². The van der Waals surface area contributed by atoms with Gasteiger partial charge in [0.2, 0.25) is 0 Å². The molecule has 0 aromatic rings. The SMILES string of the molecule is CC=CNC(CCCC)CCCCC. The first-order valence-corrected chi connectivity index (χ1v) is 6.22. The fourth-order valence-electron chi connectivity index (χ4n) is 1.63. The van der Waals surface area contributed by atoms with Gasteiger partial charge in [-0.15, -0.1) is 0 Å². The molecule has 1 nitrogen and oxygen atoms in total. The molecular weight excluding hydrogens is 170 g/mol. The summed E-state index contributed by atoms with van der Waals surface area (Å²) in [4.78, 5) is 0. The Bertz CT molecular complexity index is 129. The van der Waals surface area contributed by atoms with Crippen molar-refractivity contribution in [2.75, 3.05) is 0 Å². The molecule has 0 heterocycles. The van der Waals surface area contributed by atoms with E-state index in [1.807, 2.05) is 0 Å². The third-order valence-electron chi connectivity index (χ3n) is 2.56. The van der Waals surface area contributed by atoms with Gasteiger partial charge in [0.15, 0.2) is 0 Å². The van der Waals surface area contributed by atoms with E-state index in [0.717, 1.165) is 0 Å². The largest absolute Gasteiger partial charge is 0.388 e. The van der Waals surface area contributed by atoms with Crippen LogP contribution < -0.4 is 5.32 Å². The second-order valence-electron chi connectivity index (χ2n) is 4.00. The minimum Gasteiger partial charge on any atom is -0.388 e. The van der Waals surface area contributed by atoms with Crippen LogP contribution in [0.3, 0.4) is 0 Å². The van der Waals surface area contributed by atoms with Crippen LogP contribution in [0.4, 0.5) is 0 Å². The van der Waals surface area contributed by atoms with Gasteiger partial charge in [0.25, 0.3) is 0 Å². The minimum atomic E-state index is 0.706. The third kappa shape index (κ3) is 8.15. The van der Waals surface area contributed by atoms with Gasteiger partial charge in [-0.25, -0.2) is 0 Å². The van der Waals surface area contributed by atoms with Crippen molar-refractivity contribution < 1.29 is 0 Å². The van der Waals surface area contributed by atoms with Crippen molar-refractivity contribution in [3.8, 4) is 0 Å². The average Bonchev–Trinajstić information content (AvgIpc) is 2.21. The Hall–Kier alpha value is -0.460. The Morgan fingerprint density at radius 3 is 2.21 bits per heavy atom. The number of nitrogens with one attached hydrogen (secondary N) is 1. The van der Waals surface area contributed by atoms with Crippen LogP contribution in [0, 0.1) is 0 Å². The fraction of sp³-hybridized carbons (Fsp3) is 0.846. The highest BCUT2D eigenvalue weighted by Gasteiger charge is 2.04. The van der Waals surface area contributed by atoms with E-state index in [1.165, 1.54) is 44.9 Å². The van der Waals surface area contributed by atoms with Crippen LogP contribution in [0.2, 0.25) is 0 Å². The zero-order valence-electron chi connectivity index (χ0n) is 10.2. The van der Waals surface area contributed by atoms with E-state index in [4.69, 9.17) is 0 Å². The van der Waals surface area contributed by atoms with E-state index in [1.54, 1.807) is 0 Å². The molecule has 1 heteroatoms. The van der Waals surface area contributed by atoms with Crippen molar-refractivity contribution in [3.63, 3.8) is 0 Å². The van der Waals surface area contributed by atoms with Gasteiger partial charge in [-0.05, 0) is 26.0 Å². The second kappa shape index (κ2) is 10.6. The molecule has 0 aliphatic heterocycles. The van der Waals surface area contributed by atoms with E-state index >= 15 is 0 Å². The molecule has 1 N–H and O–H groups in total. The Morgan fingerprint density at radius 2 is 1.64 bits per heavy atom. The minimum absolute atomic E-state index is 0.706. The summed E-state index contributed by atoms with van der Waals surface area (Å²) in [6.45, 7) is 6.59. The van der Waals surface area contributed by atoms with Crippen LogP contribution >= 0.6 is 0 Å². The van der Waals surface area contributed by atoms with Crippen LogP contribution in [0.15, 0.2) is 12.3 Å². The lowest BCUT2D eigenvalue weighted by atomic mass is 10.0. The first-order chi connectivity index (χ1) is 6.85. The summed E-state index contributed by atoms with van der Waals surface area (Å²) in [6, 6.07) is 0.706. The molecule has 0 rings (SSSR count). The maximum atomic E-state index is 3.48. The third-order valence-corrected chi connectivity index (χ3v) is 2.56. The highest BCUT2D eigenvalue weighted by Crippen LogP contribution is 2.09. The summed E-state index contributed by atoms with van der Waals surface area (Å²) in [5, 5.41) is 3.48. The summed E-state index contributed by atoms with van der Waals surface area (Å²) in [7, 11) is 0. The van der Waals surface area contributed by atoms with E-state index in [2.05, 4.69) is 38.4 Å². The van der Waals surface area contributed by atoms with Gasteiger partial charge in [-0.3, -0.25) is 0 Å². The van der Waals surface area contributed by atoms with Crippen molar-refractivity contribution in [1.82, 2.24) is 5.32 Å². The number of hydrogen-bond acceptors (Lipinski definition) is 1. The zero-order chi connectivity index (χ0) is 10.6. The first kappa shape index (κ1) is 13.5. The Labute approximate surface area is 90.0 Å². The highest BCUT2D eigenvalue weighted by atomic mass is 14.9. The van der Waals surface area contributed by atoms with Gasteiger partial charge in [-0.2, -0.15) is 0 Å². The first-order valence-electron chi connectivity index (χ1n) is 6.22. The molecular formula is C13H27N. The molecule has 14 heavy (non-hydrogen) atoms. The molecule has 1 atom stereocenters. The Kier molecular flexibility index (Phi) is 10.3. The number of unbranched alkanes of at least 4 members (excludes halogenated alkanes) is 3. The van der Waals surface area contributed by atoms with Crippen molar-refractivity contribution in [3.05, 3.63) is 12.3 Å². The second-order valence-corrected chi connectivity index (χ2v) is 4.00. The maximum Gasteiger partial charge on any atom is 0.0255 e. The quantitative estimate of drug-likeness (QED) is 0.545. The molecule has 0 radical (unpaired) electrons. The predicted molar refractivity (Wildman–Crippen MR) is 65.4 cm³/mol. The number of rotatable bonds is 9. The molecule has 0 aromatic carbocycles. The summed E-state index contributed by atoms with van der Waals surface area (Å²) >= 11 is 0. The maximum absolute atomic E-state index is 3.48. The van der Waals surface area contributed by atoms with Gasteiger partial charge >= 0.3 is 0 Å². The molecule has 0 bridgehead atoms. The van der Waals surface area contributed by atoms with Gasteiger partial charge in [-0.1, -0.05) is 52.0 Å². The lowest BCUT2D eigenvalue weighted by Crippen LogP contribution is -2.23. The summed E-state index contributed by atoms with van der Waals surface area (Å²) in [5.41, 5.74) is 0. The van der Waals surface area contributed by atoms with Crippen molar-refractivity contribution >= 4 is 0 Å². The zero-order valence-corrected chi connectivity index (χ0v) is 10.2.